The number of rotatable bonds is 3. The molecule has 1 heteroatoms. The minimum absolute atomic E-state index is 0.107. The Hall–Kier alpha value is -6.18. The second-order valence-corrected chi connectivity index (χ2v) is 14.5. The molecule has 10 aromatic rings. The summed E-state index contributed by atoms with van der Waals surface area (Å²) in [6.07, 6.45) is 0. The lowest BCUT2D eigenvalue weighted by molar-refractivity contribution is 0.661. The van der Waals surface area contributed by atoms with Gasteiger partial charge in [0, 0.05) is 21.9 Å². The first-order valence-electron chi connectivity index (χ1n) is 17.6. The van der Waals surface area contributed by atoms with Crippen LogP contribution in [0.5, 0.6) is 0 Å². The number of para-hydroxylation sites is 2. The summed E-state index contributed by atoms with van der Waals surface area (Å²) in [4.78, 5) is 0. The molecular weight excluding hydrogens is 603 g/mol. The van der Waals surface area contributed by atoms with E-state index >= 15 is 0 Å². The summed E-state index contributed by atoms with van der Waals surface area (Å²) >= 11 is 0. The highest BCUT2D eigenvalue weighted by atomic mass is 15.0. The topological polar surface area (TPSA) is 4.93 Å². The van der Waals surface area contributed by atoms with E-state index in [1.54, 1.807) is 0 Å². The Bertz CT molecular complexity index is 2980. The van der Waals surface area contributed by atoms with E-state index in [1.807, 2.05) is 0 Å². The quantitative estimate of drug-likeness (QED) is 0.170. The van der Waals surface area contributed by atoms with E-state index in [1.165, 1.54) is 104 Å². The van der Waals surface area contributed by atoms with E-state index in [2.05, 4.69) is 182 Å². The minimum Gasteiger partial charge on any atom is -0.309 e. The van der Waals surface area contributed by atoms with Crippen molar-refractivity contribution in [2.45, 2.75) is 19.3 Å². The van der Waals surface area contributed by atoms with Crippen LogP contribution in [0, 0.1) is 0 Å². The number of hydrogen-bond donors (Lipinski definition) is 0. The van der Waals surface area contributed by atoms with E-state index in [-0.39, 0.29) is 5.41 Å². The van der Waals surface area contributed by atoms with Crippen LogP contribution in [0.2, 0.25) is 0 Å². The molecule has 0 unspecified atom stereocenters. The van der Waals surface area contributed by atoms with Crippen LogP contribution in [0.4, 0.5) is 0 Å². The molecule has 1 nitrogen and oxygen atoms in total. The Morgan fingerprint density at radius 2 is 0.980 bits per heavy atom. The molecule has 0 N–H and O–H groups in total. The van der Waals surface area contributed by atoms with Crippen LogP contribution in [-0.2, 0) is 5.41 Å². The standard InChI is InChI=1S/C49H33N/c1-49(2)43-26-21-33(27-40(43)41-29-46-42(28-44(41)49)37-15-9-10-16-45(37)50(46)34-13-7-4-8-14-34)36-23-18-32-19-24-38-35(30-11-5-3-6-12-30)22-17-31-20-25-39(36)48(32)47(31)38/h3-29H,1-2H3. The largest absolute Gasteiger partial charge is 0.309 e. The molecule has 9 aromatic carbocycles. The van der Waals surface area contributed by atoms with Gasteiger partial charge in [0.1, 0.15) is 0 Å². The minimum atomic E-state index is -0.107. The van der Waals surface area contributed by atoms with Gasteiger partial charge >= 0.3 is 0 Å². The Morgan fingerprint density at radius 1 is 0.380 bits per heavy atom. The summed E-state index contributed by atoms with van der Waals surface area (Å²) in [5, 5.41) is 10.5. The van der Waals surface area contributed by atoms with Gasteiger partial charge in [-0.25, -0.2) is 0 Å². The van der Waals surface area contributed by atoms with Crippen LogP contribution < -0.4 is 0 Å². The molecule has 50 heavy (non-hydrogen) atoms. The van der Waals surface area contributed by atoms with E-state index in [0.29, 0.717) is 0 Å². The number of hydrogen-bond acceptors (Lipinski definition) is 0. The van der Waals surface area contributed by atoms with Crippen molar-refractivity contribution < 1.29 is 0 Å². The summed E-state index contributed by atoms with van der Waals surface area (Å²) in [5.41, 5.74) is 14.1. The first-order chi connectivity index (χ1) is 24.6. The van der Waals surface area contributed by atoms with Crippen molar-refractivity contribution in [3.05, 3.63) is 175 Å². The van der Waals surface area contributed by atoms with Crippen molar-refractivity contribution >= 4 is 54.1 Å². The predicted molar refractivity (Wildman–Crippen MR) is 213 cm³/mol. The highest BCUT2D eigenvalue weighted by Crippen LogP contribution is 2.52. The molecule has 0 spiro atoms. The highest BCUT2D eigenvalue weighted by Gasteiger charge is 2.36. The third-order valence-corrected chi connectivity index (χ3v) is 11.5. The van der Waals surface area contributed by atoms with Gasteiger partial charge < -0.3 is 4.57 Å². The van der Waals surface area contributed by atoms with Crippen LogP contribution in [0.15, 0.2) is 164 Å². The fourth-order valence-corrected chi connectivity index (χ4v) is 9.16. The van der Waals surface area contributed by atoms with Gasteiger partial charge in [-0.3, -0.25) is 0 Å². The fourth-order valence-electron chi connectivity index (χ4n) is 9.16. The monoisotopic (exact) mass is 635 g/mol. The Morgan fingerprint density at radius 3 is 1.70 bits per heavy atom. The smallest absolute Gasteiger partial charge is 0.0547 e. The summed E-state index contributed by atoms with van der Waals surface area (Å²) in [6, 6.07) is 61.1. The summed E-state index contributed by atoms with van der Waals surface area (Å²) in [7, 11) is 0. The lowest BCUT2D eigenvalue weighted by Crippen LogP contribution is -2.14. The van der Waals surface area contributed by atoms with Gasteiger partial charge in [0.15, 0.2) is 0 Å². The van der Waals surface area contributed by atoms with Crippen molar-refractivity contribution in [1.82, 2.24) is 4.57 Å². The third-order valence-electron chi connectivity index (χ3n) is 11.5. The molecular formula is C49H33N. The van der Waals surface area contributed by atoms with Gasteiger partial charge in [-0.05, 0) is 113 Å². The third kappa shape index (κ3) is 3.67. The molecule has 11 rings (SSSR count). The maximum Gasteiger partial charge on any atom is 0.0547 e. The lowest BCUT2D eigenvalue weighted by atomic mass is 9.81. The van der Waals surface area contributed by atoms with E-state index < -0.39 is 0 Å². The van der Waals surface area contributed by atoms with E-state index in [9.17, 15) is 0 Å². The summed E-state index contributed by atoms with van der Waals surface area (Å²) in [5.74, 6) is 0. The Balaban J connectivity index is 1.15. The normalized spacial score (nSPS) is 13.6. The molecule has 0 saturated carbocycles. The summed E-state index contributed by atoms with van der Waals surface area (Å²) < 4.78 is 2.43. The van der Waals surface area contributed by atoms with Crippen molar-refractivity contribution in [3.8, 4) is 39.1 Å². The zero-order valence-corrected chi connectivity index (χ0v) is 28.0. The number of benzene rings is 9. The molecule has 0 fully saturated rings. The molecule has 0 saturated heterocycles. The van der Waals surface area contributed by atoms with Crippen molar-refractivity contribution in [1.29, 1.82) is 0 Å². The van der Waals surface area contributed by atoms with E-state index in [4.69, 9.17) is 0 Å². The fraction of sp³-hybridized carbons (Fsp3) is 0.0612. The summed E-state index contributed by atoms with van der Waals surface area (Å²) in [6.45, 7) is 4.78. The second kappa shape index (κ2) is 9.94. The molecule has 234 valence electrons. The van der Waals surface area contributed by atoms with Gasteiger partial charge in [-0.2, -0.15) is 0 Å². The maximum absolute atomic E-state index is 2.48. The van der Waals surface area contributed by atoms with Gasteiger partial charge in [-0.1, -0.05) is 141 Å². The molecule has 1 heterocycles. The highest BCUT2D eigenvalue weighted by molar-refractivity contribution is 6.27. The first kappa shape index (κ1) is 27.7. The molecule has 1 aliphatic carbocycles. The molecule has 0 atom stereocenters. The number of aromatic nitrogens is 1. The number of nitrogens with zero attached hydrogens (tertiary/aromatic N) is 1. The van der Waals surface area contributed by atoms with Gasteiger partial charge in [0.25, 0.3) is 0 Å². The first-order valence-corrected chi connectivity index (χ1v) is 17.6. The van der Waals surface area contributed by atoms with Crippen LogP contribution in [0.3, 0.4) is 0 Å². The van der Waals surface area contributed by atoms with Crippen LogP contribution >= 0.6 is 0 Å². The lowest BCUT2D eigenvalue weighted by Gasteiger charge is -2.22. The molecule has 0 bridgehead atoms. The zero-order valence-electron chi connectivity index (χ0n) is 28.0. The van der Waals surface area contributed by atoms with Gasteiger partial charge in [0.2, 0.25) is 0 Å². The Kier molecular flexibility index (Phi) is 5.51. The Labute approximate surface area is 291 Å². The molecule has 0 amide bonds. The second-order valence-electron chi connectivity index (χ2n) is 14.5. The van der Waals surface area contributed by atoms with E-state index in [0.717, 1.165) is 0 Å². The zero-order chi connectivity index (χ0) is 33.1. The molecule has 1 aliphatic rings. The SMILES string of the molecule is CC1(C)c2ccc(-c3ccc4ccc5c(-c6ccccc6)ccc6ccc3c4c65)cc2-c2cc3c(cc21)c1ccccc1n3-c1ccccc1. The molecule has 1 aromatic heterocycles. The van der Waals surface area contributed by atoms with Crippen molar-refractivity contribution in [3.63, 3.8) is 0 Å². The molecule has 0 radical (unpaired) electrons. The van der Waals surface area contributed by atoms with Crippen LogP contribution in [-0.4, -0.2) is 4.57 Å². The van der Waals surface area contributed by atoms with Crippen LogP contribution in [0.25, 0.3) is 93.2 Å². The van der Waals surface area contributed by atoms with Gasteiger partial charge in [-0.15, -0.1) is 0 Å². The predicted octanol–water partition coefficient (Wildman–Crippen LogP) is 13.3. The molecule has 0 aliphatic heterocycles. The maximum atomic E-state index is 2.48. The van der Waals surface area contributed by atoms with Crippen molar-refractivity contribution in [2.75, 3.05) is 0 Å². The van der Waals surface area contributed by atoms with Gasteiger partial charge in [0.05, 0.1) is 11.0 Å². The number of fused-ring (bicyclic) bond motifs is 6. The average Bonchev–Trinajstić information content (AvgIpc) is 3.61. The van der Waals surface area contributed by atoms with Crippen LogP contribution in [0.1, 0.15) is 25.0 Å². The average molecular weight is 636 g/mol. The van der Waals surface area contributed by atoms with Crippen molar-refractivity contribution in [2.24, 2.45) is 0 Å².